The molecule has 0 aliphatic carbocycles. The van der Waals surface area contributed by atoms with E-state index >= 15 is 0 Å². The molecule has 1 aromatic carbocycles. The Bertz CT molecular complexity index is 583. The second kappa shape index (κ2) is 7.56. The molecule has 0 saturated heterocycles. The van der Waals surface area contributed by atoms with Crippen LogP contribution in [-0.4, -0.2) is 24.4 Å². The van der Waals surface area contributed by atoms with Crippen molar-refractivity contribution in [3.05, 3.63) is 47.0 Å². The first-order valence-corrected chi connectivity index (χ1v) is 7.62. The number of esters is 1. The minimum atomic E-state index is -0.991. The number of benzene rings is 1. The molecule has 0 amide bonds. The van der Waals surface area contributed by atoms with Gasteiger partial charge in [-0.15, -0.1) is 0 Å². The molecule has 1 aromatic rings. The molecule has 0 radical (unpaired) electrons. The highest BCUT2D eigenvalue weighted by atomic mass is 35.5. The maximum Gasteiger partial charge on any atom is 0.318 e. The molecule has 120 valence electrons. The molecule has 0 spiro atoms. The molecular formula is C17H22ClNO3. The number of rotatable bonds is 7. The Labute approximate surface area is 136 Å². The van der Waals surface area contributed by atoms with Crippen LogP contribution >= 0.6 is 11.6 Å². The van der Waals surface area contributed by atoms with Crippen molar-refractivity contribution in [3.63, 3.8) is 0 Å². The van der Waals surface area contributed by atoms with Crippen molar-refractivity contribution in [1.29, 1.82) is 0 Å². The maximum atomic E-state index is 12.5. The summed E-state index contributed by atoms with van der Waals surface area (Å²) in [4.78, 5) is 24.2. The van der Waals surface area contributed by atoms with Gasteiger partial charge in [-0.2, -0.15) is 0 Å². The fourth-order valence-corrected chi connectivity index (χ4v) is 2.87. The summed E-state index contributed by atoms with van der Waals surface area (Å²) < 4.78 is 5.21. The van der Waals surface area contributed by atoms with E-state index in [9.17, 15) is 9.59 Å². The number of nitrogens with two attached hydrogens (primary N) is 1. The van der Waals surface area contributed by atoms with Crippen LogP contribution in [0.4, 0.5) is 0 Å². The molecule has 2 unspecified atom stereocenters. The molecule has 2 atom stereocenters. The zero-order valence-electron chi connectivity index (χ0n) is 13.2. The molecule has 0 aromatic heterocycles. The minimum absolute atomic E-state index is 0.268. The highest BCUT2D eigenvalue weighted by molar-refractivity contribution is 6.34. The Morgan fingerprint density at radius 1 is 1.45 bits per heavy atom. The number of ketones is 1. The van der Waals surface area contributed by atoms with Gasteiger partial charge < -0.3 is 10.5 Å². The molecular weight excluding hydrogens is 302 g/mol. The van der Waals surface area contributed by atoms with Gasteiger partial charge in [0.15, 0.2) is 5.78 Å². The number of carbonyl (C=O) groups excluding carboxylic acids is 2. The van der Waals surface area contributed by atoms with E-state index in [0.717, 1.165) is 0 Å². The third-order valence-electron chi connectivity index (χ3n) is 3.91. The van der Waals surface area contributed by atoms with Crippen molar-refractivity contribution in [2.45, 2.75) is 38.6 Å². The monoisotopic (exact) mass is 323 g/mol. The van der Waals surface area contributed by atoms with Gasteiger partial charge in [-0.1, -0.05) is 31.2 Å². The van der Waals surface area contributed by atoms with E-state index < -0.39 is 11.5 Å². The van der Waals surface area contributed by atoms with Crippen molar-refractivity contribution >= 4 is 23.4 Å². The molecule has 22 heavy (non-hydrogen) atoms. The molecule has 0 aliphatic rings. The van der Waals surface area contributed by atoms with E-state index in [-0.39, 0.29) is 23.4 Å². The van der Waals surface area contributed by atoms with Gasteiger partial charge >= 0.3 is 5.97 Å². The molecule has 1 rings (SSSR count). The number of hydrogen-bond acceptors (Lipinski definition) is 4. The Kier molecular flexibility index (Phi) is 6.33. The number of ether oxygens (including phenoxy) is 1. The van der Waals surface area contributed by atoms with Crippen LogP contribution in [0.3, 0.4) is 0 Å². The van der Waals surface area contributed by atoms with Gasteiger partial charge in [0.1, 0.15) is 5.41 Å². The summed E-state index contributed by atoms with van der Waals surface area (Å²) in [5.74, 6) is -0.651. The van der Waals surface area contributed by atoms with Gasteiger partial charge in [-0.05, 0) is 44.0 Å². The topological polar surface area (TPSA) is 69.4 Å². The predicted molar refractivity (Wildman–Crippen MR) is 88.2 cm³/mol. The van der Waals surface area contributed by atoms with Gasteiger partial charge in [0.2, 0.25) is 0 Å². The fraction of sp³-hybridized carbons (Fsp3) is 0.412. The molecule has 5 heteroatoms. The standard InChI is InChI=1S/C17H22ClNO3/c1-5-15(20)13-9-8-12(10-14(13)18)17(6-2,11(4)19)16(21)22-7-3/h5,8-11H,1,6-7,19H2,2-4H3. The molecule has 0 fully saturated rings. The summed E-state index contributed by atoms with van der Waals surface area (Å²) in [5.41, 5.74) is 6.10. The zero-order chi connectivity index (χ0) is 16.9. The second-order valence-corrected chi connectivity index (χ2v) is 5.50. The van der Waals surface area contributed by atoms with E-state index in [0.29, 0.717) is 17.5 Å². The van der Waals surface area contributed by atoms with Crippen LogP contribution in [0, 0.1) is 0 Å². The van der Waals surface area contributed by atoms with Crippen molar-refractivity contribution < 1.29 is 14.3 Å². The van der Waals surface area contributed by atoms with Gasteiger partial charge in [-0.3, -0.25) is 9.59 Å². The van der Waals surface area contributed by atoms with Crippen LogP contribution in [0.5, 0.6) is 0 Å². The van der Waals surface area contributed by atoms with Crippen LogP contribution in [-0.2, 0) is 14.9 Å². The number of carbonyl (C=O) groups is 2. The summed E-state index contributed by atoms with van der Waals surface area (Å²) in [6, 6.07) is 4.44. The highest BCUT2D eigenvalue weighted by Gasteiger charge is 2.44. The lowest BCUT2D eigenvalue weighted by atomic mass is 9.72. The van der Waals surface area contributed by atoms with Crippen molar-refractivity contribution in [2.24, 2.45) is 5.73 Å². The smallest absolute Gasteiger partial charge is 0.318 e. The van der Waals surface area contributed by atoms with E-state index in [1.165, 1.54) is 6.08 Å². The number of allylic oxidation sites excluding steroid dienone is 1. The fourth-order valence-electron chi connectivity index (χ4n) is 2.60. The van der Waals surface area contributed by atoms with E-state index in [4.69, 9.17) is 22.1 Å². The third kappa shape index (κ3) is 3.23. The van der Waals surface area contributed by atoms with Gasteiger partial charge in [0.05, 0.1) is 11.6 Å². The summed E-state index contributed by atoms with van der Waals surface area (Å²) in [7, 11) is 0. The number of halogens is 1. The Balaban J connectivity index is 3.44. The predicted octanol–water partition coefficient (Wildman–Crippen LogP) is 3.27. The lowest BCUT2D eigenvalue weighted by Gasteiger charge is -2.34. The Morgan fingerprint density at radius 2 is 2.09 bits per heavy atom. The SMILES string of the molecule is C=CC(=O)c1ccc(C(CC)(C(=O)OCC)C(C)N)cc1Cl. The zero-order valence-corrected chi connectivity index (χ0v) is 13.9. The summed E-state index contributed by atoms with van der Waals surface area (Å²) in [6.45, 7) is 9.10. The summed E-state index contributed by atoms with van der Waals surface area (Å²) in [5, 5.41) is 0.269. The first-order chi connectivity index (χ1) is 10.3. The first kappa shape index (κ1) is 18.4. The largest absolute Gasteiger partial charge is 0.465 e. The van der Waals surface area contributed by atoms with Crippen LogP contribution in [0.2, 0.25) is 5.02 Å². The van der Waals surface area contributed by atoms with E-state index in [1.807, 2.05) is 6.92 Å². The average molecular weight is 324 g/mol. The van der Waals surface area contributed by atoms with Gasteiger partial charge in [0.25, 0.3) is 0 Å². The van der Waals surface area contributed by atoms with Crippen LogP contribution in [0.15, 0.2) is 30.9 Å². The van der Waals surface area contributed by atoms with E-state index in [1.54, 1.807) is 32.0 Å². The lowest BCUT2D eigenvalue weighted by molar-refractivity contribution is -0.151. The molecule has 2 N–H and O–H groups in total. The number of hydrogen-bond donors (Lipinski definition) is 1. The molecule has 0 heterocycles. The Morgan fingerprint density at radius 3 is 2.50 bits per heavy atom. The summed E-state index contributed by atoms with van der Waals surface area (Å²) >= 11 is 6.19. The first-order valence-electron chi connectivity index (χ1n) is 7.24. The molecule has 0 aliphatic heterocycles. The third-order valence-corrected chi connectivity index (χ3v) is 4.22. The molecule has 4 nitrogen and oxygen atoms in total. The lowest BCUT2D eigenvalue weighted by Crippen LogP contribution is -2.50. The minimum Gasteiger partial charge on any atom is -0.465 e. The normalized spacial score (nSPS) is 14.8. The van der Waals surface area contributed by atoms with Crippen molar-refractivity contribution in [3.8, 4) is 0 Å². The second-order valence-electron chi connectivity index (χ2n) is 5.10. The van der Waals surface area contributed by atoms with Gasteiger partial charge in [0, 0.05) is 11.6 Å². The molecule has 0 bridgehead atoms. The van der Waals surface area contributed by atoms with Crippen LogP contribution in [0.25, 0.3) is 0 Å². The van der Waals surface area contributed by atoms with Crippen LogP contribution in [0.1, 0.15) is 43.1 Å². The van der Waals surface area contributed by atoms with Crippen LogP contribution < -0.4 is 5.73 Å². The summed E-state index contributed by atoms with van der Waals surface area (Å²) in [6.07, 6.45) is 1.67. The van der Waals surface area contributed by atoms with Gasteiger partial charge in [-0.25, -0.2) is 0 Å². The Hall–Kier alpha value is -1.65. The van der Waals surface area contributed by atoms with Crippen molar-refractivity contribution in [1.82, 2.24) is 0 Å². The molecule has 0 saturated carbocycles. The quantitative estimate of drug-likeness (QED) is 0.475. The highest BCUT2D eigenvalue weighted by Crippen LogP contribution is 2.35. The maximum absolute atomic E-state index is 12.5. The van der Waals surface area contributed by atoms with Crippen molar-refractivity contribution in [2.75, 3.05) is 6.61 Å². The van der Waals surface area contributed by atoms with E-state index in [2.05, 4.69) is 6.58 Å². The average Bonchev–Trinajstić information content (AvgIpc) is 2.48.